The van der Waals surface area contributed by atoms with Crippen LogP contribution < -0.4 is 26.4 Å². The van der Waals surface area contributed by atoms with Crippen LogP contribution in [-0.2, 0) is 45.0 Å². The van der Waals surface area contributed by atoms with Gasteiger partial charge in [0.1, 0.15) is 23.9 Å². The first-order valence-electron chi connectivity index (χ1n) is 16.3. The lowest BCUT2D eigenvalue weighted by atomic mass is 9.99. The topological polar surface area (TPSA) is 178 Å². The molecule has 2 aliphatic rings. The first kappa shape index (κ1) is 35.5. The van der Waals surface area contributed by atoms with E-state index in [1.807, 2.05) is 44.2 Å². The van der Waals surface area contributed by atoms with Crippen LogP contribution in [-0.4, -0.2) is 68.9 Å². The van der Waals surface area contributed by atoms with Crippen molar-refractivity contribution in [3.8, 4) is 11.5 Å². The molecule has 14 heteroatoms. The van der Waals surface area contributed by atoms with Crippen LogP contribution in [0, 0.1) is 11.7 Å². The van der Waals surface area contributed by atoms with Crippen LogP contribution in [0.4, 0.5) is 4.39 Å². The van der Waals surface area contributed by atoms with Gasteiger partial charge in [0.25, 0.3) is 0 Å². The largest absolute Gasteiger partial charge is 0.454 e. The lowest BCUT2D eigenvalue weighted by Gasteiger charge is -2.28. The van der Waals surface area contributed by atoms with Gasteiger partial charge >= 0.3 is 5.69 Å². The van der Waals surface area contributed by atoms with E-state index in [1.165, 1.54) is 30.1 Å². The molecular weight excluding hydrogens is 645 g/mol. The lowest BCUT2D eigenvalue weighted by molar-refractivity contribution is -0.137. The normalized spacial score (nSPS) is 18.6. The van der Waals surface area contributed by atoms with E-state index < -0.39 is 53.3 Å². The number of rotatable bonds is 7. The van der Waals surface area contributed by atoms with E-state index in [-0.39, 0.29) is 49.7 Å². The highest BCUT2D eigenvalue weighted by Crippen LogP contribution is 2.27. The Kier molecular flexibility index (Phi) is 11.4. The number of nitrogens with one attached hydrogen (secondary N) is 5. The highest BCUT2D eigenvalue weighted by Gasteiger charge is 2.32. The van der Waals surface area contributed by atoms with E-state index in [2.05, 4.69) is 31.1 Å². The standard InChI is InChI=1S/C36H40FN7O6/c1-21(2)15-27-33(46)40-29(35(48)44(3)20-31-41-36(49)43-42-31)17-23-9-12-25(13-10-23)50-30-18-24(11-14-26(30)37)19-32(45)38-28(34(47)39-27)16-22-7-5-4-6-8-22/h4-14,18,21,27-29H,15-17,19-20H2,1-3H3,(H,38,45)(H,39,47)(H,40,46)(H2,41,42,43,49)/t27-,28+,29-/m0/s1. The van der Waals surface area contributed by atoms with Gasteiger partial charge < -0.3 is 25.6 Å². The van der Waals surface area contributed by atoms with E-state index in [0.717, 1.165) is 5.56 Å². The van der Waals surface area contributed by atoms with Crippen molar-refractivity contribution in [2.75, 3.05) is 7.05 Å². The third kappa shape index (κ3) is 9.65. The highest BCUT2D eigenvalue weighted by atomic mass is 19.1. The van der Waals surface area contributed by atoms with Crippen molar-refractivity contribution < 1.29 is 28.3 Å². The number of H-pyrrole nitrogens is 2. The van der Waals surface area contributed by atoms with Crippen molar-refractivity contribution in [2.24, 2.45) is 5.92 Å². The molecule has 4 aromatic rings. The van der Waals surface area contributed by atoms with Crippen LogP contribution in [0.15, 0.2) is 77.6 Å². The van der Waals surface area contributed by atoms with Crippen molar-refractivity contribution in [3.63, 3.8) is 0 Å². The summed E-state index contributed by atoms with van der Waals surface area (Å²) in [5.74, 6) is -2.33. The summed E-state index contributed by atoms with van der Waals surface area (Å²) < 4.78 is 20.6. The number of fused-ring (bicyclic) bond motifs is 12. The van der Waals surface area contributed by atoms with Gasteiger partial charge in [0.2, 0.25) is 23.6 Å². The molecule has 50 heavy (non-hydrogen) atoms. The summed E-state index contributed by atoms with van der Waals surface area (Å²) in [7, 11) is 1.51. The quantitative estimate of drug-likeness (QED) is 0.186. The number of carbonyl (C=O) groups excluding carboxylic acids is 4. The second-order valence-electron chi connectivity index (χ2n) is 12.8. The fraction of sp³-hybridized carbons (Fsp3) is 0.333. The third-order valence-corrected chi connectivity index (χ3v) is 8.15. The van der Waals surface area contributed by atoms with Gasteiger partial charge in [0, 0.05) is 19.9 Å². The summed E-state index contributed by atoms with van der Waals surface area (Å²) in [6.45, 7) is 3.76. The molecule has 0 saturated heterocycles. The van der Waals surface area contributed by atoms with Crippen LogP contribution in [0.2, 0.25) is 0 Å². The molecule has 0 fully saturated rings. The number of likely N-dealkylation sites (N-methyl/N-ethyl adjacent to an activating group) is 1. The van der Waals surface area contributed by atoms with Gasteiger partial charge in [0.05, 0.1) is 13.0 Å². The second kappa shape index (κ2) is 16.1. The first-order chi connectivity index (χ1) is 23.9. The summed E-state index contributed by atoms with van der Waals surface area (Å²) in [4.78, 5) is 70.4. The van der Waals surface area contributed by atoms with Gasteiger partial charge in [-0.25, -0.2) is 14.3 Å². The number of halogens is 1. The molecule has 0 radical (unpaired) electrons. The zero-order valence-electron chi connectivity index (χ0n) is 28.0. The molecule has 5 N–H and O–H groups in total. The SMILES string of the molecule is CC(C)C[C@@H]1NC(=O)[C@@H](Cc2ccccc2)NC(=O)Cc2ccc(F)c(c2)Oc2ccc(cc2)C[C@@H](C(=O)N(C)Cc2n[nH]c(=O)[nH]2)NC1=O. The minimum Gasteiger partial charge on any atom is -0.454 e. The van der Waals surface area contributed by atoms with Gasteiger partial charge in [-0.05, 0) is 53.3 Å². The molecule has 4 bridgehead atoms. The number of nitrogens with zero attached hydrogens (tertiary/aromatic N) is 2. The Morgan fingerprint density at radius 3 is 2.30 bits per heavy atom. The molecule has 3 atom stereocenters. The van der Waals surface area contributed by atoms with Crippen LogP contribution in [0.25, 0.3) is 0 Å². The summed E-state index contributed by atoms with van der Waals surface area (Å²) in [6, 6.07) is 16.7. The maximum absolute atomic E-state index is 14.8. The minimum atomic E-state index is -1.09. The van der Waals surface area contributed by atoms with Gasteiger partial charge in [-0.1, -0.05) is 62.4 Å². The van der Waals surface area contributed by atoms with Crippen LogP contribution >= 0.6 is 0 Å². The maximum atomic E-state index is 14.8. The Bertz CT molecular complexity index is 1880. The Balaban J connectivity index is 1.50. The molecule has 0 aliphatic carbocycles. The number of hydrogen-bond acceptors (Lipinski definition) is 7. The number of benzene rings is 3. The maximum Gasteiger partial charge on any atom is 0.340 e. The number of aromatic amines is 2. The second-order valence-corrected chi connectivity index (χ2v) is 12.8. The third-order valence-electron chi connectivity index (χ3n) is 8.15. The molecule has 13 nitrogen and oxygen atoms in total. The van der Waals surface area contributed by atoms with E-state index in [0.29, 0.717) is 16.9 Å². The molecule has 3 heterocycles. The van der Waals surface area contributed by atoms with Gasteiger partial charge in [-0.3, -0.25) is 24.2 Å². The fourth-order valence-electron chi connectivity index (χ4n) is 5.68. The molecule has 1 aromatic heterocycles. The van der Waals surface area contributed by atoms with Crippen LogP contribution in [0.5, 0.6) is 11.5 Å². The van der Waals surface area contributed by atoms with Crippen molar-refractivity contribution in [3.05, 3.63) is 112 Å². The van der Waals surface area contributed by atoms with Gasteiger partial charge in [0.15, 0.2) is 17.4 Å². The Morgan fingerprint density at radius 1 is 0.920 bits per heavy atom. The Morgan fingerprint density at radius 2 is 1.62 bits per heavy atom. The number of ether oxygens (including phenoxy) is 1. The number of carbonyl (C=O) groups is 4. The molecule has 6 rings (SSSR count). The molecular formula is C36H40FN7O6. The molecule has 0 saturated carbocycles. The zero-order valence-corrected chi connectivity index (χ0v) is 28.0. The van der Waals surface area contributed by atoms with Crippen LogP contribution in [0.1, 0.15) is 42.8 Å². The molecule has 2 aliphatic heterocycles. The number of hydrogen-bond donors (Lipinski definition) is 5. The molecule has 4 amide bonds. The highest BCUT2D eigenvalue weighted by molar-refractivity contribution is 5.94. The predicted molar refractivity (Wildman–Crippen MR) is 181 cm³/mol. The first-order valence-corrected chi connectivity index (χ1v) is 16.3. The minimum absolute atomic E-state index is 0.0247. The smallest absolute Gasteiger partial charge is 0.340 e. The molecule has 0 unspecified atom stereocenters. The summed E-state index contributed by atoms with van der Waals surface area (Å²) in [5, 5.41) is 14.6. The predicted octanol–water partition coefficient (Wildman–Crippen LogP) is 2.53. The molecule has 262 valence electrons. The lowest BCUT2D eigenvalue weighted by Crippen LogP contribution is -2.57. The zero-order chi connectivity index (χ0) is 35.8. The monoisotopic (exact) mass is 685 g/mol. The van der Waals surface area contributed by atoms with E-state index in [1.54, 1.807) is 24.3 Å². The van der Waals surface area contributed by atoms with Gasteiger partial charge in [-0.15, -0.1) is 0 Å². The average molecular weight is 686 g/mol. The van der Waals surface area contributed by atoms with Crippen LogP contribution in [0.3, 0.4) is 0 Å². The summed E-state index contributed by atoms with van der Waals surface area (Å²) in [5.41, 5.74) is 1.38. The van der Waals surface area contributed by atoms with Gasteiger partial charge in [-0.2, -0.15) is 5.10 Å². The summed E-state index contributed by atoms with van der Waals surface area (Å²) >= 11 is 0. The fourth-order valence-corrected chi connectivity index (χ4v) is 5.68. The Labute approximate surface area is 288 Å². The number of aromatic nitrogens is 3. The average Bonchev–Trinajstić information content (AvgIpc) is 3.49. The summed E-state index contributed by atoms with van der Waals surface area (Å²) in [6.07, 6.45) is 0.291. The van der Waals surface area contributed by atoms with E-state index in [4.69, 9.17) is 4.74 Å². The van der Waals surface area contributed by atoms with Crippen molar-refractivity contribution >= 4 is 23.6 Å². The number of amides is 4. The molecule has 0 spiro atoms. The Hall–Kier alpha value is -5.79. The van der Waals surface area contributed by atoms with Crippen molar-refractivity contribution in [1.82, 2.24) is 36.0 Å². The van der Waals surface area contributed by atoms with Crippen molar-refractivity contribution in [2.45, 2.75) is 64.2 Å². The van der Waals surface area contributed by atoms with Crippen molar-refractivity contribution in [1.29, 1.82) is 0 Å². The molecule has 3 aromatic carbocycles. The van der Waals surface area contributed by atoms with E-state index in [9.17, 15) is 28.4 Å². The van der Waals surface area contributed by atoms with E-state index >= 15 is 0 Å².